The fourth-order valence-electron chi connectivity index (χ4n) is 2.26. The fraction of sp³-hybridized carbons (Fsp3) is 0. The second-order valence-electron chi connectivity index (χ2n) is 5.02. The van der Waals surface area contributed by atoms with Gasteiger partial charge < -0.3 is 5.32 Å². The van der Waals surface area contributed by atoms with E-state index in [-0.39, 0.29) is 10.7 Å². The van der Waals surface area contributed by atoms with Crippen LogP contribution in [0.5, 0.6) is 0 Å². The molecule has 120 valence electrons. The normalized spacial score (nSPS) is 10.9. The van der Waals surface area contributed by atoms with Gasteiger partial charge in [0.15, 0.2) is 5.11 Å². The van der Waals surface area contributed by atoms with Gasteiger partial charge in [0.2, 0.25) is 0 Å². The number of anilines is 1. The number of hydrazone groups is 1. The van der Waals surface area contributed by atoms with Crippen LogP contribution in [0.1, 0.15) is 5.56 Å². The summed E-state index contributed by atoms with van der Waals surface area (Å²) in [6.45, 7) is 0. The molecule has 0 amide bonds. The summed E-state index contributed by atoms with van der Waals surface area (Å²) in [6.07, 6.45) is 1.18. The van der Waals surface area contributed by atoms with Gasteiger partial charge in [-0.25, -0.2) is 8.78 Å². The lowest BCUT2D eigenvalue weighted by atomic mass is 10.1. The molecule has 0 aliphatic carbocycles. The van der Waals surface area contributed by atoms with Crippen LogP contribution in [0.4, 0.5) is 14.5 Å². The smallest absolute Gasteiger partial charge is 0.191 e. The summed E-state index contributed by atoms with van der Waals surface area (Å²) in [5, 5.41) is 9.22. The molecule has 0 saturated carbocycles. The van der Waals surface area contributed by atoms with Gasteiger partial charge in [0.1, 0.15) is 11.6 Å². The molecule has 3 aromatic rings. The zero-order valence-electron chi connectivity index (χ0n) is 12.5. The van der Waals surface area contributed by atoms with E-state index >= 15 is 0 Å². The predicted molar refractivity (Wildman–Crippen MR) is 97.3 cm³/mol. The summed E-state index contributed by atoms with van der Waals surface area (Å²) in [5.41, 5.74) is 3.46. The Labute approximate surface area is 143 Å². The van der Waals surface area contributed by atoms with E-state index < -0.39 is 11.6 Å². The van der Waals surface area contributed by atoms with E-state index in [2.05, 4.69) is 15.8 Å². The van der Waals surface area contributed by atoms with E-state index in [0.717, 1.165) is 34.7 Å². The summed E-state index contributed by atoms with van der Waals surface area (Å²) >= 11 is 5.17. The summed E-state index contributed by atoms with van der Waals surface area (Å²) in [4.78, 5) is 0. The van der Waals surface area contributed by atoms with E-state index in [0.29, 0.717) is 0 Å². The van der Waals surface area contributed by atoms with Crippen molar-refractivity contribution < 1.29 is 8.78 Å². The Morgan fingerprint density at radius 2 is 1.79 bits per heavy atom. The molecule has 0 bridgehead atoms. The van der Waals surface area contributed by atoms with Crippen LogP contribution in [0, 0.1) is 11.6 Å². The molecule has 0 fully saturated rings. The van der Waals surface area contributed by atoms with Crippen LogP contribution < -0.4 is 10.7 Å². The molecule has 6 heteroatoms. The third kappa shape index (κ3) is 3.72. The lowest BCUT2D eigenvalue weighted by molar-refractivity contribution is 0.598. The molecule has 2 N–H and O–H groups in total. The molecule has 0 aromatic heterocycles. The minimum Gasteiger partial charge on any atom is -0.331 e. The van der Waals surface area contributed by atoms with Crippen molar-refractivity contribution in [1.29, 1.82) is 0 Å². The van der Waals surface area contributed by atoms with Gasteiger partial charge in [-0.2, -0.15) is 5.10 Å². The number of halogens is 2. The molecule has 0 radical (unpaired) electrons. The van der Waals surface area contributed by atoms with E-state index in [9.17, 15) is 8.78 Å². The molecule has 0 unspecified atom stereocenters. The number of thiocarbonyl (C=S) groups is 1. The summed E-state index contributed by atoms with van der Waals surface area (Å²) < 4.78 is 26.6. The Morgan fingerprint density at radius 3 is 2.67 bits per heavy atom. The first-order valence-corrected chi connectivity index (χ1v) is 7.57. The van der Waals surface area contributed by atoms with Gasteiger partial charge in [0.25, 0.3) is 0 Å². The van der Waals surface area contributed by atoms with Crippen LogP contribution in [-0.4, -0.2) is 11.3 Å². The zero-order chi connectivity index (χ0) is 16.9. The van der Waals surface area contributed by atoms with Crippen LogP contribution in [0.15, 0.2) is 65.8 Å². The first-order chi connectivity index (χ1) is 11.6. The van der Waals surface area contributed by atoms with E-state index in [1.165, 1.54) is 6.21 Å². The predicted octanol–water partition coefficient (Wildman–Crippen LogP) is 4.44. The Kier molecular flexibility index (Phi) is 4.77. The van der Waals surface area contributed by atoms with E-state index in [4.69, 9.17) is 12.2 Å². The van der Waals surface area contributed by atoms with Crippen LogP contribution >= 0.6 is 12.2 Å². The van der Waals surface area contributed by atoms with Crippen LogP contribution in [0.25, 0.3) is 10.8 Å². The van der Waals surface area contributed by atoms with Gasteiger partial charge in [0.05, 0.1) is 6.21 Å². The van der Waals surface area contributed by atoms with Gasteiger partial charge in [-0.3, -0.25) is 5.43 Å². The third-order valence-electron chi connectivity index (χ3n) is 3.37. The van der Waals surface area contributed by atoms with Crippen molar-refractivity contribution in [2.45, 2.75) is 0 Å². The van der Waals surface area contributed by atoms with Crippen molar-refractivity contribution in [3.05, 3.63) is 77.9 Å². The maximum absolute atomic E-state index is 13.5. The largest absolute Gasteiger partial charge is 0.331 e. The molecule has 24 heavy (non-hydrogen) atoms. The summed E-state index contributed by atoms with van der Waals surface area (Å²) in [5.74, 6) is -1.09. The first-order valence-electron chi connectivity index (χ1n) is 7.16. The van der Waals surface area contributed by atoms with Gasteiger partial charge >= 0.3 is 0 Å². The lowest BCUT2D eigenvalue weighted by Gasteiger charge is -2.10. The standard InChI is InChI=1S/C18H13F2N3S/c19-14-8-9-16(20)13(10-14)11-21-23-18(24)22-17-7-3-5-12-4-1-2-6-15(12)17/h1-11H,(H2,22,23,24)/b21-11+. The highest BCUT2D eigenvalue weighted by Crippen LogP contribution is 2.22. The number of benzene rings is 3. The van der Waals surface area contributed by atoms with Crippen molar-refractivity contribution in [2.75, 3.05) is 5.32 Å². The molecule has 3 nitrogen and oxygen atoms in total. The van der Waals surface area contributed by atoms with Gasteiger partial charge in [-0.1, -0.05) is 36.4 Å². The van der Waals surface area contributed by atoms with Crippen molar-refractivity contribution in [3.63, 3.8) is 0 Å². The molecule has 0 saturated heterocycles. The van der Waals surface area contributed by atoms with Crippen molar-refractivity contribution in [3.8, 4) is 0 Å². The topological polar surface area (TPSA) is 36.4 Å². The highest BCUT2D eigenvalue weighted by Gasteiger charge is 2.03. The Balaban J connectivity index is 1.69. The lowest BCUT2D eigenvalue weighted by Crippen LogP contribution is -2.24. The van der Waals surface area contributed by atoms with Gasteiger partial charge in [-0.15, -0.1) is 0 Å². The fourth-order valence-corrected chi connectivity index (χ4v) is 2.42. The van der Waals surface area contributed by atoms with Crippen molar-refractivity contribution >= 4 is 40.0 Å². The molecular formula is C18H13F2N3S. The quantitative estimate of drug-likeness (QED) is 0.420. The average molecular weight is 341 g/mol. The Morgan fingerprint density at radius 1 is 1.00 bits per heavy atom. The Hall–Kier alpha value is -2.86. The molecule has 0 aliphatic rings. The minimum atomic E-state index is -0.560. The number of rotatable bonds is 3. The molecule has 0 aliphatic heterocycles. The highest BCUT2D eigenvalue weighted by atomic mass is 32.1. The van der Waals surface area contributed by atoms with E-state index in [1.807, 2.05) is 42.5 Å². The van der Waals surface area contributed by atoms with Gasteiger partial charge in [-0.05, 0) is 41.9 Å². The van der Waals surface area contributed by atoms with Gasteiger partial charge in [0, 0.05) is 16.6 Å². The van der Waals surface area contributed by atoms with Crippen LogP contribution in [0.2, 0.25) is 0 Å². The van der Waals surface area contributed by atoms with Crippen LogP contribution in [-0.2, 0) is 0 Å². The molecular weight excluding hydrogens is 328 g/mol. The SMILES string of the molecule is Fc1ccc(F)c(/C=N/NC(=S)Nc2cccc3ccccc23)c1. The van der Waals surface area contributed by atoms with Crippen molar-refractivity contribution in [2.24, 2.45) is 5.10 Å². The summed E-state index contributed by atoms with van der Waals surface area (Å²) in [7, 11) is 0. The first kappa shape index (κ1) is 16.0. The number of hydrogen-bond donors (Lipinski definition) is 2. The highest BCUT2D eigenvalue weighted by molar-refractivity contribution is 7.80. The average Bonchev–Trinajstić information content (AvgIpc) is 2.58. The van der Waals surface area contributed by atoms with E-state index in [1.54, 1.807) is 0 Å². The number of nitrogens with one attached hydrogen (secondary N) is 2. The van der Waals surface area contributed by atoms with Crippen molar-refractivity contribution in [1.82, 2.24) is 5.43 Å². The zero-order valence-corrected chi connectivity index (χ0v) is 13.3. The second-order valence-corrected chi connectivity index (χ2v) is 5.42. The number of hydrogen-bond acceptors (Lipinski definition) is 2. The number of nitrogens with zero attached hydrogens (tertiary/aromatic N) is 1. The number of fused-ring (bicyclic) bond motifs is 1. The molecule has 0 heterocycles. The van der Waals surface area contributed by atoms with Crippen LogP contribution in [0.3, 0.4) is 0 Å². The molecule has 0 atom stereocenters. The Bertz CT molecular complexity index is 920. The molecule has 3 rings (SSSR count). The third-order valence-corrected chi connectivity index (χ3v) is 3.56. The molecule has 0 spiro atoms. The second kappa shape index (κ2) is 7.14. The maximum atomic E-state index is 13.5. The summed E-state index contributed by atoms with van der Waals surface area (Å²) in [6, 6.07) is 16.8. The minimum absolute atomic E-state index is 0.0375. The maximum Gasteiger partial charge on any atom is 0.191 e. The molecule has 3 aromatic carbocycles. The monoisotopic (exact) mass is 341 g/mol.